The average Bonchev–Trinajstić information content (AvgIpc) is 3.61. The van der Waals surface area contributed by atoms with Crippen LogP contribution in [-0.2, 0) is 65.4 Å². The molecule has 0 radical (unpaired) electrons. The minimum atomic E-state index is -4.95. The van der Waals surface area contributed by atoms with Crippen molar-refractivity contribution < 1.29 is 80.2 Å². The highest BCUT2D eigenvalue weighted by molar-refractivity contribution is 7.47. The van der Waals surface area contributed by atoms with Crippen LogP contribution in [0.15, 0.2) is 0 Å². The second-order valence-corrected chi connectivity index (χ2v) is 28.5. The fourth-order valence-corrected chi connectivity index (χ4v) is 12.0. The average molecular weight is 1300 g/mol. The maximum atomic E-state index is 13.0. The Bertz CT molecular complexity index is 1720. The first-order valence-corrected chi connectivity index (χ1v) is 39.0. The van der Waals surface area contributed by atoms with E-state index < -0.39 is 97.5 Å². The number of hydrogen-bond donors (Lipinski definition) is 3. The van der Waals surface area contributed by atoms with Gasteiger partial charge in [0.25, 0.3) is 0 Å². The van der Waals surface area contributed by atoms with Crippen molar-refractivity contribution in [3.63, 3.8) is 0 Å². The third-order valence-electron chi connectivity index (χ3n) is 16.3. The molecule has 0 fully saturated rings. The molecule has 0 rings (SSSR count). The van der Waals surface area contributed by atoms with Gasteiger partial charge in [-0.05, 0) is 37.5 Å². The van der Waals surface area contributed by atoms with E-state index in [1.165, 1.54) is 154 Å². The van der Waals surface area contributed by atoms with Crippen molar-refractivity contribution in [2.75, 3.05) is 39.6 Å². The van der Waals surface area contributed by atoms with Crippen LogP contribution in [0.1, 0.15) is 350 Å². The summed E-state index contributed by atoms with van der Waals surface area (Å²) in [6, 6.07) is 0. The standard InChI is InChI=1S/C69H134O17P2/c1-7-10-12-14-16-17-18-19-20-21-22-29-35-41-47-53-68(73)86-65(58-80-67(72)52-46-40-34-28-24-23-27-33-38-44-50-62(6)9-3)60-84-88(77,78)82-56-63(70)55-81-87(75,76)83-59-64(57-79-66(71)51-45-39-31-15-13-11-8-2)85-69(74)54-48-42-36-30-25-26-32-37-43-49-61(4)5/h61-65,70H,7-60H2,1-6H3,(H,75,76)(H,77,78)/t62?,63-,64+,65+/m0/s1. The van der Waals surface area contributed by atoms with Crippen molar-refractivity contribution in [2.24, 2.45) is 11.8 Å². The lowest BCUT2D eigenvalue weighted by molar-refractivity contribution is -0.161. The van der Waals surface area contributed by atoms with Gasteiger partial charge in [0, 0.05) is 25.7 Å². The van der Waals surface area contributed by atoms with E-state index in [9.17, 15) is 43.2 Å². The summed E-state index contributed by atoms with van der Waals surface area (Å²) in [7, 11) is -9.89. The second kappa shape index (κ2) is 61.3. The maximum absolute atomic E-state index is 13.0. The number of phosphoric acid groups is 2. The summed E-state index contributed by atoms with van der Waals surface area (Å²) < 4.78 is 68.2. The van der Waals surface area contributed by atoms with Crippen LogP contribution in [0.4, 0.5) is 0 Å². The van der Waals surface area contributed by atoms with Crippen LogP contribution >= 0.6 is 15.6 Å². The minimum absolute atomic E-state index is 0.105. The predicted molar refractivity (Wildman–Crippen MR) is 354 cm³/mol. The van der Waals surface area contributed by atoms with Crippen molar-refractivity contribution in [1.82, 2.24) is 0 Å². The monoisotopic (exact) mass is 1300 g/mol. The Kier molecular flexibility index (Phi) is 59.9. The number of rotatable bonds is 68. The Hall–Kier alpha value is -1.94. The molecule has 0 aromatic heterocycles. The predicted octanol–water partition coefficient (Wildman–Crippen LogP) is 19.6. The van der Waals surface area contributed by atoms with Crippen molar-refractivity contribution in [3.05, 3.63) is 0 Å². The first-order chi connectivity index (χ1) is 42.4. The SMILES string of the molecule is CCCCCCCCCCCCCCCCCC(=O)O[C@H](COC(=O)CCCCCCCCCCCCC(C)CC)COP(=O)(O)OC[C@@H](O)COP(=O)(O)OC[C@@H](COC(=O)CCCCCCCCC)OC(=O)CCCCCCCCCCCC(C)C. The highest BCUT2D eigenvalue weighted by atomic mass is 31.2. The molecule has 0 saturated carbocycles. The maximum Gasteiger partial charge on any atom is 0.472 e. The highest BCUT2D eigenvalue weighted by Crippen LogP contribution is 2.45. The first kappa shape index (κ1) is 86.1. The van der Waals surface area contributed by atoms with Gasteiger partial charge in [-0.15, -0.1) is 0 Å². The van der Waals surface area contributed by atoms with Gasteiger partial charge in [0.15, 0.2) is 12.2 Å². The Labute approximate surface area is 537 Å². The Balaban J connectivity index is 5.22. The van der Waals surface area contributed by atoms with E-state index in [0.717, 1.165) is 115 Å². The zero-order chi connectivity index (χ0) is 65.0. The van der Waals surface area contributed by atoms with E-state index in [1.807, 2.05) is 0 Å². The van der Waals surface area contributed by atoms with Gasteiger partial charge in [0.2, 0.25) is 0 Å². The van der Waals surface area contributed by atoms with E-state index >= 15 is 0 Å². The zero-order valence-electron chi connectivity index (χ0n) is 57.0. The van der Waals surface area contributed by atoms with Crippen LogP contribution in [0, 0.1) is 11.8 Å². The summed E-state index contributed by atoms with van der Waals surface area (Å²) >= 11 is 0. The Morgan fingerprint density at radius 2 is 0.580 bits per heavy atom. The van der Waals surface area contributed by atoms with E-state index in [4.69, 9.17) is 37.0 Å². The molecular formula is C69H134O17P2. The van der Waals surface area contributed by atoms with Gasteiger partial charge in [0.1, 0.15) is 19.3 Å². The van der Waals surface area contributed by atoms with Crippen molar-refractivity contribution in [1.29, 1.82) is 0 Å². The largest absolute Gasteiger partial charge is 0.472 e. The lowest BCUT2D eigenvalue weighted by Crippen LogP contribution is -2.30. The van der Waals surface area contributed by atoms with Gasteiger partial charge >= 0.3 is 39.5 Å². The number of aliphatic hydroxyl groups excluding tert-OH is 1. The summed E-state index contributed by atoms with van der Waals surface area (Å²) in [5.74, 6) is -0.583. The molecule has 0 aromatic rings. The molecule has 0 saturated heterocycles. The molecule has 0 amide bonds. The Morgan fingerprint density at radius 1 is 0.330 bits per heavy atom. The fraction of sp³-hybridized carbons (Fsp3) is 0.942. The topological polar surface area (TPSA) is 237 Å². The highest BCUT2D eigenvalue weighted by Gasteiger charge is 2.30. The van der Waals surface area contributed by atoms with Gasteiger partial charge in [0.05, 0.1) is 26.4 Å². The third kappa shape index (κ3) is 61.6. The first-order valence-electron chi connectivity index (χ1n) is 36.0. The molecule has 88 heavy (non-hydrogen) atoms. The van der Waals surface area contributed by atoms with Gasteiger partial charge in [-0.1, -0.05) is 298 Å². The van der Waals surface area contributed by atoms with Crippen LogP contribution in [0.25, 0.3) is 0 Å². The molecule has 3 unspecified atom stereocenters. The number of esters is 4. The van der Waals surface area contributed by atoms with Gasteiger partial charge in [-0.3, -0.25) is 37.3 Å². The summed E-state index contributed by atoms with van der Waals surface area (Å²) in [4.78, 5) is 72.4. The second-order valence-electron chi connectivity index (χ2n) is 25.6. The molecule has 522 valence electrons. The van der Waals surface area contributed by atoms with Gasteiger partial charge in [-0.2, -0.15) is 0 Å². The van der Waals surface area contributed by atoms with Crippen LogP contribution in [-0.4, -0.2) is 96.7 Å². The molecule has 0 bridgehead atoms. The Morgan fingerprint density at radius 3 is 0.864 bits per heavy atom. The number of carbonyl (C=O) groups excluding carboxylic acids is 4. The number of hydrogen-bond acceptors (Lipinski definition) is 15. The van der Waals surface area contributed by atoms with E-state index in [-0.39, 0.29) is 25.7 Å². The lowest BCUT2D eigenvalue weighted by atomic mass is 9.99. The van der Waals surface area contributed by atoms with E-state index in [1.54, 1.807) is 0 Å². The smallest absolute Gasteiger partial charge is 0.462 e. The van der Waals surface area contributed by atoms with Crippen LogP contribution in [0.3, 0.4) is 0 Å². The van der Waals surface area contributed by atoms with E-state index in [2.05, 4.69) is 41.5 Å². The van der Waals surface area contributed by atoms with Gasteiger partial charge < -0.3 is 33.8 Å². The van der Waals surface area contributed by atoms with Crippen LogP contribution in [0.2, 0.25) is 0 Å². The molecule has 19 heteroatoms. The van der Waals surface area contributed by atoms with E-state index in [0.29, 0.717) is 25.7 Å². The number of unbranched alkanes of at least 4 members (excludes halogenated alkanes) is 37. The normalized spacial score (nSPS) is 14.5. The summed E-state index contributed by atoms with van der Waals surface area (Å²) in [5.41, 5.74) is 0. The minimum Gasteiger partial charge on any atom is -0.462 e. The molecular weight excluding hydrogens is 1160 g/mol. The van der Waals surface area contributed by atoms with Crippen LogP contribution < -0.4 is 0 Å². The van der Waals surface area contributed by atoms with Crippen molar-refractivity contribution >= 4 is 39.5 Å². The zero-order valence-corrected chi connectivity index (χ0v) is 58.8. The summed E-state index contributed by atoms with van der Waals surface area (Å²) in [6.07, 6.45) is 45.8. The quantitative estimate of drug-likeness (QED) is 0.0222. The number of ether oxygens (including phenoxy) is 4. The molecule has 0 aliphatic rings. The molecule has 0 spiro atoms. The molecule has 17 nitrogen and oxygen atoms in total. The molecule has 3 N–H and O–H groups in total. The van der Waals surface area contributed by atoms with Crippen LogP contribution in [0.5, 0.6) is 0 Å². The number of carbonyl (C=O) groups is 4. The fourth-order valence-electron chi connectivity index (χ4n) is 10.4. The molecule has 0 aliphatic heterocycles. The van der Waals surface area contributed by atoms with Crippen molar-refractivity contribution in [2.45, 2.75) is 368 Å². The van der Waals surface area contributed by atoms with Crippen molar-refractivity contribution in [3.8, 4) is 0 Å². The summed E-state index contributed by atoms with van der Waals surface area (Å²) in [5, 5.41) is 10.6. The summed E-state index contributed by atoms with van der Waals surface area (Å²) in [6.45, 7) is 9.51. The molecule has 6 atom stereocenters. The number of phosphoric ester groups is 2. The third-order valence-corrected chi connectivity index (χ3v) is 18.2. The molecule has 0 aliphatic carbocycles. The van der Waals surface area contributed by atoms with Gasteiger partial charge in [-0.25, -0.2) is 9.13 Å². The molecule has 0 heterocycles. The lowest BCUT2D eigenvalue weighted by Gasteiger charge is -2.21. The number of aliphatic hydroxyl groups is 1. The molecule has 0 aromatic carbocycles.